The fourth-order valence-electron chi connectivity index (χ4n) is 2.14. The Morgan fingerprint density at radius 2 is 2.04 bits per heavy atom. The zero-order valence-electron chi connectivity index (χ0n) is 12.2. The topological polar surface area (TPSA) is 64.1 Å². The number of hydrogen-bond donors (Lipinski definition) is 1. The van der Waals surface area contributed by atoms with E-state index < -0.39 is 0 Å². The SMILES string of the molecule is O=C(COc1nncc2ccccc12)NCc1cccc(Cl)c1. The molecule has 3 rings (SSSR count). The second-order valence-corrected chi connectivity index (χ2v) is 5.37. The van der Waals surface area contributed by atoms with Crippen molar-refractivity contribution in [2.45, 2.75) is 6.54 Å². The van der Waals surface area contributed by atoms with Crippen LogP contribution in [0.3, 0.4) is 0 Å². The van der Waals surface area contributed by atoms with E-state index in [1.807, 2.05) is 36.4 Å². The molecule has 0 radical (unpaired) electrons. The van der Waals surface area contributed by atoms with Crippen LogP contribution in [-0.2, 0) is 11.3 Å². The number of aromatic nitrogens is 2. The third kappa shape index (κ3) is 3.96. The molecule has 1 amide bonds. The number of amides is 1. The molecule has 0 fully saturated rings. The summed E-state index contributed by atoms with van der Waals surface area (Å²) in [4.78, 5) is 11.9. The molecule has 0 saturated heterocycles. The van der Waals surface area contributed by atoms with Gasteiger partial charge in [0.05, 0.1) is 6.20 Å². The summed E-state index contributed by atoms with van der Waals surface area (Å²) in [7, 11) is 0. The van der Waals surface area contributed by atoms with E-state index in [9.17, 15) is 4.79 Å². The van der Waals surface area contributed by atoms with Gasteiger partial charge in [0.2, 0.25) is 5.88 Å². The molecular weight excluding hydrogens is 314 g/mol. The van der Waals surface area contributed by atoms with Crippen LogP contribution in [0, 0.1) is 0 Å². The van der Waals surface area contributed by atoms with Crippen molar-refractivity contribution in [2.75, 3.05) is 6.61 Å². The van der Waals surface area contributed by atoms with Crippen molar-refractivity contribution in [1.29, 1.82) is 0 Å². The summed E-state index contributed by atoms with van der Waals surface area (Å²) < 4.78 is 5.48. The summed E-state index contributed by atoms with van der Waals surface area (Å²) in [5, 5.41) is 13.0. The van der Waals surface area contributed by atoms with E-state index in [0.29, 0.717) is 17.4 Å². The van der Waals surface area contributed by atoms with Gasteiger partial charge in [-0.05, 0) is 23.8 Å². The number of rotatable bonds is 5. The first kappa shape index (κ1) is 15.2. The van der Waals surface area contributed by atoms with Crippen LogP contribution in [0.4, 0.5) is 0 Å². The summed E-state index contributed by atoms with van der Waals surface area (Å²) in [5.41, 5.74) is 0.927. The number of fused-ring (bicyclic) bond motifs is 1. The molecule has 5 nitrogen and oxygen atoms in total. The number of hydrogen-bond acceptors (Lipinski definition) is 4. The predicted molar refractivity (Wildman–Crippen MR) is 88.3 cm³/mol. The minimum Gasteiger partial charge on any atom is -0.466 e. The van der Waals surface area contributed by atoms with E-state index >= 15 is 0 Å². The summed E-state index contributed by atoms with van der Waals surface area (Å²) >= 11 is 5.90. The van der Waals surface area contributed by atoms with Crippen molar-refractivity contribution >= 4 is 28.3 Å². The van der Waals surface area contributed by atoms with Gasteiger partial charge >= 0.3 is 0 Å². The van der Waals surface area contributed by atoms with Gasteiger partial charge in [-0.3, -0.25) is 4.79 Å². The molecule has 3 aromatic rings. The molecule has 0 atom stereocenters. The van der Waals surface area contributed by atoms with Gasteiger partial charge in [-0.1, -0.05) is 41.9 Å². The Kier molecular flexibility index (Phi) is 4.68. The van der Waals surface area contributed by atoms with Crippen molar-refractivity contribution in [3.8, 4) is 5.88 Å². The maximum atomic E-state index is 11.9. The maximum absolute atomic E-state index is 11.9. The highest BCUT2D eigenvalue weighted by molar-refractivity contribution is 6.30. The van der Waals surface area contributed by atoms with Crippen LogP contribution in [0.2, 0.25) is 5.02 Å². The number of carbonyl (C=O) groups is 1. The zero-order chi connectivity index (χ0) is 16.1. The molecule has 1 aromatic heterocycles. The van der Waals surface area contributed by atoms with Gasteiger partial charge < -0.3 is 10.1 Å². The number of carbonyl (C=O) groups excluding carboxylic acids is 1. The molecule has 6 heteroatoms. The fourth-order valence-corrected chi connectivity index (χ4v) is 2.35. The van der Waals surface area contributed by atoms with Gasteiger partial charge in [-0.15, -0.1) is 5.10 Å². The van der Waals surface area contributed by atoms with Gasteiger partial charge in [-0.25, -0.2) is 0 Å². The zero-order valence-corrected chi connectivity index (χ0v) is 13.0. The third-order valence-electron chi connectivity index (χ3n) is 3.26. The van der Waals surface area contributed by atoms with Crippen LogP contribution in [0.15, 0.2) is 54.7 Å². The minimum absolute atomic E-state index is 0.122. The standard InChI is InChI=1S/C17H14ClN3O2/c18-14-6-3-4-12(8-14)9-19-16(22)11-23-17-15-7-2-1-5-13(15)10-20-21-17/h1-8,10H,9,11H2,(H,19,22). The van der Waals surface area contributed by atoms with Crippen molar-refractivity contribution in [1.82, 2.24) is 15.5 Å². The number of nitrogens with one attached hydrogen (secondary N) is 1. The van der Waals surface area contributed by atoms with E-state index in [0.717, 1.165) is 16.3 Å². The molecule has 2 aromatic carbocycles. The number of ether oxygens (including phenoxy) is 1. The molecule has 0 saturated carbocycles. The summed E-state index contributed by atoms with van der Waals surface area (Å²) in [6.07, 6.45) is 1.65. The smallest absolute Gasteiger partial charge is 0.258 e. The van der Waals surface area contributed by atoms with E-state index in [1.54, 1.807) is 18.3 Å². The Balaban J connectivity index is 1.58. The molecule has 0 aliphatic heterocycles. The average molecular weight is 328 g/mol. The Morgan fingerprint density at radius 3 is 2.91 bits per heavy atom. The van der Waals surface area contributed by atoms with Crippen molar-refractivity contribution < 1.29 is 9.53 Å². The van der Waals surface area contributed by atoms with Gasteiger partial charge in [0.25, 0.3) is 5.91 Å². The van der Waals surface area contributed by atoms with Crippen molar-refractivity contribution in [3.63, 3.8) is 0 Å². The van der Waals surface area contributed by atoms with E-state index in [1.165, 1.54) is 0 Å². The maximum Gasteiger partial charge on any atom is 0.258 e. The molecule has 1 heterocycles. The Labute approximate surface area is 138 Å². The van der Waals surface area contributed by atoms with Crippen LogP contribution in [0.5, 0.6) is 5.88 Å². The molecule has 116 valence electrons. The molecule has 0 aliphatic rings. The molecular formula is C17H14ClN3O2. The lowest BCUT2D eigenvalue weighted by molar-refractivity contribution is -0.123. The largest absolute Gasteiger partial charge is 0.466 e. The van der Waals surface area contributed by atoms with E-state index in [2.05, 4.69) is 15.5 Å². The monoisotopic (exact) mass is 327 g/mol. The number of benzene rings is 2. The lowest BCUT2D eigenvalue weighted by atomic mass is 10.2. The second kappa shape index (κ2) is 7.07. The van der Waals surface area contributed by atoms with Crippen LogP contribution in [0.25, 0.3) is 10.8 Å². The Hall–Kier alpha value is -2.66. The minimum atomic E-state index is -0.236. The molecule has 23 heavy (non-hydrogen) atoms. The summed E-state index contributed by atoms with van der Waals surface area (Å²) in [6.45, 7) is 0.271. The van der Waals surface area contributed by atoms with Gasteiger partial charge in [0.15, 0.2) is 6.61 Å². The average Bonchev–Trinajstić information content (AvgIpc) is 2.58. The first-order valence-electron chi connectivity index (χ1n) is 7.07. The summed E-state index contributed by atoms with van der Waals surface area (Å²) in [5.74, 6) is 0.112. The third-order valence-corrected chi connectivity index (χ3v) is 3.49. The van der Waals surface area contributed by atoms with Gasteiger partial charge in [0, 0.05) is 22.3 Å². The summed E-state index contributed by atoms with van der Waals surface area (Å²) in [6, 6.07) is 14.9. The fraction of sp³-hybridized carbons (Fsp3) is 0.118. The molecule has 0 spiro atoms. The van der Waals surface area contributed by atoms with Crippen LogP contribution in [0.1, 0.15) is 5.56 Å². The van der Waals surface area contributed by atoms with Crippen LogP contribution >= 0.6 is 11.6 Å². The molecule has 0 unspecified atom stereocenters. The predicted octanol–water partition coefficient (Wildman–Crippen LogP) is 2.98. The highest BCUT2D eigenvalue weighted by Crippen LogP contribution is 2.21. The van der Waals surface area contributed by atoms with E-state index in [4.69, 9.17) is 16.3 Å². The lowest BCUT2D eigenvalue weighted by Crippen LogP contribution is -2.28. The van der Waals surface area contributed by atoms with E-state index in [-0.39, 0.29) is 12.5 Å². The number of nitrogens with zero attached hydrogens (tertiary/aromatic N) is 2. The molecule has 1 N–H and O–H groups in total. The highest BCUT2D eigenvalue weighted by atomic mass is 35.5. The van der Waals surface area contributed by atoms with Gasteiger partial charge in [-0.2, -0.15) is 5.10 Å². The quantitative estimate of drug-likeness (QED) is 0.782. The van der Waals surface area contributed by atoms with Crippen molar-refractivity contribution in [3.05, 3.63) is 65.3 Å². The van der Waals surface area contributed by atoms with Crippen LogP contribution in [-0.4, -0.2) is 22.7 Å². The second-order valence-electron chi connectivity index (χ2n) is 4.93. The highest BCUT2D eigenvalue weighted by Gasteiger charge is 2.07. The normalized spacial score (nSPS) is 10.5. The van der Waals surface area contributed by atoms with Crippen molar-refractivity contribution in [2.24, 2.45) is 0 Å². The Bertz CT molecular complexity index is 833. The molecule has 0 aliphatic carbocycles. The first-order chi connectivity index (χ1) is 11.2. The first-order valence-corrected chi connectivity index (χ1v) is 7.44. The number of halogens is 1. The van der Waals surface area contributed by atoms with Gasteiger partial charge in [0.1, 0.15) is 0 Å². The molecule has 0 bridgehead atoms. The Morgan fingerprint density at radius 1 is 1.17 bits per heavy atom. The van der Waals surface area contributed by atoms with Crippen LogP contribution < -0.4 is 10.1 Å². The lowest BCUT2D eigenvalue weighted by Gasteiger charge is -2.08.